The molecule has 1 aliphatic heterocycles. The van der Waals surface area contributed by atoms with E-state index >= 15 is 0 Å². The Bertz CT molecular complexity index is 1350. The number of pyridine rings is 3. The number of alkyl carbamates (subject to hydrolysis) is 1. The maximum atomic E-state index is 13.8. The normalized spacial score (nSPS) is 18.2. The van der Waals surface area contributed by atoms with Gasteiger partial charge in [0.15, 0.2) is 0 Å². The summed E-state index contributed by atoms with van der Waals surface area (Å²) in [5, 5.41) is 5.27. The fourth-order valence-electron chi connectivity index (χ4n) is 4.17. The maximum absolute atomic E-state index is 13.8. The average molecular weight is 595 g/mol. The second kappa shape index (κ2) is 10.7. The molecule has 0 unspecified atom stereocenters. The molecule has 4 heterocycles. The molecule has 3 aromatic rings. The second-order valence-electron chi connectivity index (χ2n) is 9.96. The van der Waals surface area contributed by atoms with Crippen molar-refractivity contribution in [1.82, 2.24) is 20.3 Å². The monoisotopic (exact) mass is 594 g/mol. The number of piperidine rings is 1. The van der Waals surface area contributed by atoms with Crippen LogP contribution in [-0.4, -0.2) is 57.9 Å². The molecule has 1 aliphatic rings. The largest absolute Gasteiger partial charge is 0.444 e. The summed E-state index contributed by atoms with van der Waals surface area (Å²) in [6.07, 6.45) is -1.17. The number of nitrogens with one attached hydrogen (secondary N) is 2. The number of rotatable bonds is 4. The van der Waals surface area contributed by atoms with Gasteiger partial charge in [0.05, 0.1) is 40.6 Å². The molecule has 2 amide bonds. The van der Waals surface area contributed by atoms with Crippen LogP contribution in [0, 0.1) is 5.92 Å². The molecule has 13 heteroatoms. The van der Waals surface area contributed by atoms with Gasteiger partial charge in [0.1, 0.15) is 11.3 Å². The van der Waals surface area contributed by atoms with Crippen molar-refractivity contribution in [2.75, 3.05) is 23.3 Å². The van der Waals surface area contributed by atoms with E-state index < -0.39 is 35.7 Å². The lowest BCUT2D eigenvalue weighted by Crippen LogP contribution is -2.54. The third-order valence-corrected chi connectivity index (χ3v) is 6.19. The van der Waals surface area contributed by atoms with Gasteiger partial charge in [0.2, 0.25) is 0 Å². The van der Waals surface area contributed by atoms with E-state index in [0.717, 1.165) is 0 Å². The molecule has 9 nitrogen and oxygen atoms in total. The van der Waals surface area contributed by atoms with E-state index in [-0.39, 0.29) is 30.9 Å². The number of ether oxygens (including phenoxy) is 1. The lowest BCUT2D eigenvalue weighted by Gasteiger charge is -2.40. The predicted octanol–water partition coefficient (Wildman–Crippen LogP) is 5.32. The molecule has 38 heavy (non-hydrogen) atoms. The van der Waals surface area contributed by atoms with Gasteiger partial charge in [-0.2, -0.15) is 13.2 Å². The van der Waals surface area contributed by atoms with Crippen molar-refractivity contribution in [3.8, 4) is 0 Å². The highest BCUT2D eigenvalue weighted by Gasteiger charge is 2.45. The zero-order chi connectivity index (χ0) is 27.7. The molecular formula is C25H26BrF3N6O3. The van der Waals surface area contributed by atoms with Crippen molar-refractivity contribution in [1.29, 1.82) is 0 Å². The first-order chi connectivity index (χ1) is 17.8. The van der Waals surface area contributed by atoms with Crippen LogP contribution >= 0.6 is 15.9 Å². The van der Waals surface area contributed by atoms with Crippen LogP contribution in [0.3, 0.4) is 0 Å². The van der Waals surface area contributed by atoms with Gasteiger partial charge in [-0.05, 0) is 67.4 Å². The van der Waals surface area contributed by atoms with Crippen LogP contribution in [-0.2, 0) is 4.74 Å². The number of hydrogen-bond acceptors (Lipinski definition) is 7. The molecular weight excluding hydrogens is 569 g/mol. The van der Waals surface area contributed by atoms with E-state index in [9.17, 15) is 22.8 Å². The Kier molecular flexibility index (Phi) is 7.77. The molecule has 0 spiro atoms. The van der Waals surface area contributed by atoms with Crippen LogP contribution in [0.2, 0.25) is 0 Å². The minimum Gasteiger partial charge on any atom is -0.444 e. The van der Waals surface area contributed by atoms with E-state index in [1.54, 1.807) is 39.1 Å². The smallest absolute Gasteiger partial charge is 0.407 e. The van der Waals surface area contributed by atoms with Gasteiger partial charge in [-0.25, -0.2) is 9.78 Å². The Morgan fingerprint density at radius 1 is 1.11 bits per heavy atom. The molecule has 1 fully saturated rings. The number of anilines is 2. The molecule has 0 radical (unpaired) electrons. The first kappa shape index (κ1) is 27.6. The van der Waals surface area contributed by atoms with Crippen molar-refractivity contribution in [2.45, 2.75) is 45.0 Å². The third kappa shape index (κ3) is 6.88. The van der Waals surface area contributed by atoms with Crippen LogP contribution in [0.15, 0.2) is 47.3 Å². The number of alkyl halides is 3. The molecule has 4 rings (SSSR count). The zero-order valence-corrected chi connectivity index (χ0v) is 22.4. The fourth-order valence-corrected chi connectivity index (χ4v) is 4.48. The average Bonchev–Trinajstić information content (AvgIpc) is 2.82. The van der Waals surface area contributed by atoms with E-state index in [1.807, 2.05) is 0 Å². The summed E-state index contributed by atoms with van der Waals surface area (Å²) in [7, 11) is 0. The molecule has 0 aliphatic carbocycles. The van der Waals surface area contributed by atoms with Gasteiger partial charge < -0.3 is 20.3 Å². The van der Waals surface area contributed by atoms with Crippen molar-refractivity contribution >= 4 is 50.3 Å². The van der Waals surface area contributed by atoms with Crippen molar-refractivity contribution in [2.24, 2.45) is 5.92 Å². The third-order valence-electron chi connectivity index (χ3n) is 5.76. The molecule has 1 saturated heterocycles. The van der Waals surface area contributed by atoms with E-state index in [2.05, 4.69) is 41.5 Å². The van der Waals surface area contributed by atoms with Crippen LogP contribution in [0.4, 0.5) is 29.3 Å². The Morgan fingerprint density at radius 3 is 2.58 bits per heavy atom. The van der Waals surface area contributed by atoms with Crippen LogP contribution in [0.5, 0.6) is 0 Å². The number of nitrogens with zero attached hydrogens (tertiary/aromatic N) is 4. The maximum Gasteiger partial charge on any atom is 0.407 e. The van der Waals surface area contributed by atoms with Gasteiger partial charge in [-0.1, -0.05) is 0 Å². The lowest BCUT2D eigenvalue weighted by molar-refractivity contribution is -0.177. The molecule has 0 bridgehead atoms. The van der Waals surface area contributed by atoms with Crippen molar-refractivity contribution in [3.05, 3.63) is 53.0 Å². The minimum atomic E-state index is -4.49. The number of halogens is 4. The Balaban J connectivity index is 1.57. The topological polar surface area (TPSA) is 109 Å². The molecule has 0 aromatic carbocycles. The zero-order valence-electron chi connectivity index (χ0n) is 20.8. The summed E-state index contributed by atoms with van der Waals surface area (Å²) >= 11 is 3.32. The Labute approximate surface area is 225 Å². The van der Waals surface area contributed by atoms with Gasteiger partial charge >= 0.3 is 12.3 Å². The van der Waals surface area contributed by atoms with Crippen LogP contribution < -0.4 is 15.5 Å². The molecule has 2 atom stereocenters. The fraction of sp³-hybridized carbons (Fsp3) is 0.400. The minimum absolute atomic E-state index is 0.0760. The van der Waals surface area contributed by atoms with Crippen molar-refractivity contribution < 1.29 is 27.5 Å². The quantitative estimate of drug-likeness (QED) is 0.420. The summed E-state index contributed by atoms with van der Waals surface area (Å²) in [4.78, 5) is 39.4. The van der Waals surface area contributed by atoms with Gasteiger partial charge in [0.25, 0.3) is 5.91 Å². The van der Waals surface area contributed by atoms with Crippen molar-refractivity contribution in [3.63, 3.8) is 0 Å². The summed E-state index contributed by atoms with van der Waals surface area (Å²) in [5.74, 6) is -2.27. The number of carbonyl (C=O) groups is 2. The standard InChI is InChI=1S/C25H26BrF3N6O3/c1-24(2,3)38-23(37)32-16-8-14(25(27,28)29)12-35(13-16)21-6-7-30-11-20(21)34-22(36)18-5-4-17-19(33-18)9-15(26)10-31-17/h4-7,9-11,14,16H,8,12-13H2,1-3H3,(H,32,37)(H,34,36)/t14-,16+/m1/s1. The SMILES string of the molecule is CC(C)(C)OC(=O)N[C@H]1C[C@@H](C(F)(F)F)CN(c2ccncc2NC(=O)c2ccc3ncc(Br)cc3n2)C1. The number of fused-ring (bicyclic) bond motifs is 1. The summed E-state index contributed by atoms with van der Waals surface area (Å²) in [6, 6.07) is 5.57. The summed E-state index contributed by atoms with van der Waals surface area (Å²) in [5.41, 5.74) is 0.950. The Morgan fingerprint density at radius 2 is 1.87 bits per heavy atom. The van der Waals surface area contributed by atoms with Gasteiger partial charge in [-0.3, -0.25) is 14.8 Å². The van der Waals surface area contributed by atoms with E-state index in [0.29, 0.717) is 21.2 Å². The van der Waals surface area contributed by atoms with Gasteiger partial charge in [-0.15, -0.1) is 0 Å². The van der Waals surface area contributed by atoms with E-state index in [1.165, 1.54) is 29.4 Å². The highest BCUT2D eigenvalue weighted by atomic mass is 79.9. The highest BCUT2D eigenvalue weighted by Crippen LogP contribution is 2.37. The van der Waals surface area contributed by atoms with E-state index in [4.69, 9.17) is 4.74 Å². The summed E-state index contributed by atoms with van der Waals surface area (Å²) in [6.45, 7) is 4.74. The molecule has 202 valence electrons. The molecule has 3 aromatic heterocycles. The second-order valence-corrected chi connectivity index (χ2v) is 10.9. The first-order valence-electron chi connectivity index (χ1n) is 11.8. The predicted molar refractivity (Wildman–Crippen MR) is 139 cm³/mol. The van der Waals surface area contributed by atoms with Crippen LogP contribution in [0.1, 0.15) is 37.7 Å². The number of aromatic nitrogens is 3. The number of carbonyl (C=O) groups excluding carboxylic acids is 2. The lowest BCUT2D eigenvalue weighted by atomic mass is 9.93. The highest BCUT2D eigenvalue weighted by molar-refractivity contribution is 9.10. The first-order valence-corrected chi connectivity index (χ1v) is 12.6. The van der Waals surface area contributed by atoms with Gasteiger partial charge in [0, 0.05) is 30.0 Å². The Hall–Kier alpha value is -3.48. The van der Waals surface area contributed by atoms with Crippen LogP contribution in [0.25, 0.3) is 11.0 Å². The number of amides is 2. The number of hydrogen-bond donors (Lipinski definition) is 2. The molecule has 2 N–H and O–H groups in total. The molecule has 0 saturated carbocycles. The summed E-state index contributed by atoms with van der Waals surface area (Å²) < 4.78 is 47.4.